The van der Waals surface area contributed by atoms with Crippen molar-refractivity contribution in [3.63, 3.8) is 0 Å². The molecule has 0 aliphatic heterocycles. The third-order valence-corrected chi connectivity index (χ3v) is 7.06. The van der Waals surface area contributed by atoms with E-state index in [9.17, 15) is 9.59 Å². The molecule has 0 bridgehead atoms. The molecule has 0 spiro atoms. The maximum absolute atomic E-state index is 13.4. The van der Waals surface area contributed by atoms with Gasteiger partial charge in [0.1, 0.15) is 11.8 Å². The summed E-state index contributed by atoms with van der Waals surface area (Å²) in [6.07, 6.45) is 4.83. The second-order valence-corrected chi connectivity index (χ2v) is 9.40. The second-order valence-electron chi connectivity index (χ2n) is 9.02. The molecule has 178 valence electrons. The zero-order valence-electron chi connectivity index (χ0n) is 20.1. The van der Waals surface area contributed by atoms with E-state index in [4.69, 9.17) is 16.3 Å². The molecule has 1 saturated carbocycles. The molecule has 1 atom stereocenters. The van der Waals surface area contributed by atoms with Gasteiger partial charge in [-0.15, -0.1) is 0 Å². The second kappa shape index (κ2) is 11.6. The summed E-state index contributed by atoms with van der Waals surface area (Å²) in [5.41, 5.74) is 3.92. The van der Waals surface area contributed by atoms with Crippen LogP contribution in [0.25, 0.3) is 0 Å². The van der Waals surface area contributed by atoms with E-state index in [1.807, 2.05) is 64.1 Å². The Morgan fingerprint density at radius 1 is 1.09 bits per heavy atom. The van der Waals surface area contributed by atoms with Gasteiger partial charge in [-0.05, 0) is 74.4 Å². The van der Waals surface area contributed by atoms with Crippen LogP contribution in [0.2, 0.25) is 5.02 Å². The lowest BCUT2D eigenvalue weighted by atomic mass is 10.1. The average Bonchev–Trinajstić information content (AvgIpc) is 3.29. The van der Waals surface area contributed by atoms with E-state index < -0.39 is 6.04 Å². The van der Waals surface area contributed by atoms with Crippen LogP contribution in [0, 0.1) is 20.8 Å². The van der Waals surface area contributed by atoms with Crippen molar-refractivity contribution in [2.75, 3.05) is 6.61 Å². The Morgan fingerprint density at radius 2 is 1.73 bits per heavy atom. The fourth-order valence-corrected chi connectivity index (χ4v) is 4.58. The number of carbonyl (C=O) groups is 2. The Balaban J connectivity index is 1.79. The normalized spacial score (nSPS) is 14.7. The highest BCUT2D eigenvalue weighted by Crippen LogP contribution is 2.26. The smallest absolute Gasteiger partial charge is 0.261 e. The van der Waals surface area contributed by atoms with E-state index in [1.54, 1.807) is 4.90 Å². The molecule has 0 heterocycles. The first-order chi connectivity index (χ1) is 15.8. The van der Waals surface area contributed by atoms with Crippen LogP contribution in [0.4, 0.5) is 0 Å². The van der Waals surface area contributed by atoms with Gasteiger partial charge in [-0.3, -0.25) is 9.59 Å². The monoisotopic (exact) mass is 470 g/mol. The molecular formula is C27H35ClN2O3. The number of carbonyl (C=O) groups excluding carboxylic acids is 2. The molecule has 6 heteroatoms. The van der Waals surface area contributed by atoms with Gasteiger partial charge in [-0.1, -0.05) is 55.6 Å². The molecule has 1 aliphatic carbocycles. The molecule has 1 N–H and O–H groups in total. The lowest BCUT2D eigenvalue weighted by Gasteiger charge is -2.32. The quantitative estimate of drug-likeness (QED) is 0.525. The van der Waals surface area contributed by atoms with Crippen molar-refractivity contribution in [1.82, 2.24) is 10.2 Å². The molecule has 5 nitrogen and oxygen atoms in total. The summed E-state index contributed by atoms with van der Waals surface area (Å²) >= 11 is 6.26. The highest BCUT2D eigenvalue weighted by atomic mass is 35.5. The molecule has 1 aliphatic rings. The largest absolute Gasteiger partial charge is 0.484 e. The summed E-state index contributed by atoms with van der Waals surface area (Å²) in [5, 5.41) is 3.87. The van der Waals surface area contributed by atoms with Crippen LogP contribution >= 0.6 is 11.6 Å². The predicted octanol–water partition coefficient (Wildman–Crippen LogP) is 5.51. The number of aryl methyl sites for hydroxylation is 3. The number of rotatable bonds is 9. The third kappa shape index (κ3) is 6.50. The summed E-state index contributed by atoms with van der Waals surface area (Å²) in [6.45, 7) is 8.02. The maximum atomic E-state index is 13.4. The molecule has 3 rings (SSSR count). The van der Waals surface area contributed by atoms with Crippen molar-refractivity contribution in [2.45, 2.75) is 78.4 Å². The molecule has 2 aromatic carbocycles. The Bertz CT molecular complexity index is 962. The summed E-state index contributed by atoms with van der Waals surface area (Å²) in [6, 6.07) is 11.3. The van der Waals surface area contributed by atoms with Gasteiger partial charge < -0.3 is 15.0 Å². The number of ether oxygens (including phenoxy) is 1. The minimum atomic E-state index is -0.546. The minimum Gasteiger partial charge on any atom is -0.484 e. The van der Waals surface area contributed by atoms with Crippen molar-refractivity contribution in [1.29, 1.82) is 0 Å². The predicted molar refractivity (Wildman–Crippen MR) is 133 cm³/mol. The van der Waals surface area contributed by atoms with E-state index in [0.717, 1.165) is 47.9 Å². The first-order valence-electron chi connectivity index (χ1n) is 11.8. The minimum absolute atomic E-state index is 0.0792. The first kappa shape index (κ1) is 25.1. The number of hydrogen-bond donors (Lipinski definition) is 1. The Morgan fingerprint density at radius 3 is 2.33 bits per heavy atom. The molecular weight excluding hydrogens is 436 g/mol. The number of amides is 2. The van der Waals surface area contributed by atoms with Crippen molar-refractivity contribution >= 4 is 23.4 Å². The van der Waals surface area contributed by atoms with Gasteiger partial charge in [-0.2, -0.15) is 0 Å². The average molecular weight is 471 g/mol. The van der Waals surface area contributed by atoms with Gasteiger partial charge in [0.2, 0.25) is 5.91 Å². The number of benzene rings is 2. The van der Waals surface area contributed by atoms with Crippen molar-refractivity contribution < 1.29 is 14.3 Å². The van der Waals surface area contributed by atoms with Crippen LogP contribution in [-0.4, -0.2) is 35.4 Å². The van der Waals surface area contributed by atoms with E-state index in [2.05, 4.69) is 5.32 Å². The van der Waals surface area contributed by atoms with Crippen molar-refractivity contribution in [3.05, 3.63) is 63.7 Å². The van der Waals surface area contributed by atoms with Crippen LogP contribution in [0.5, 0.6) is 5.75 Å². The number of hydrogen-bond acceptors (Lipinski definition) is 3. The summed E-state index contributed by atoms with van der Waals surface area (Å²) < 4.78 is 5.86. The van der Waals surface area contributed by atoms with Gasteiger partial charge in [0.15, 0.2) is 6.61 Å². The van der Waals surface area contributed by atoms with Gasteiger partial charge in [-0.25, -0.2) is 0 Å². The third-order valence-electron chi connectivity index (χ3n) is 6.46. The molecule has 0 saturated heterocycles. The maximum Gasteiger partial charge on any atom is 0.261 e. The van der Waals surface area contributed by atoms with Crippen LogP contribution in [-0.2, 0) is 16.1 Å². The Kier molecular flexibility index (Phi) is 8.79. The molecule has 2 amide bonds. The summed E-state index contributed by atoms with van der Waals surface area (Å²) in [7, 11) is 0. The van der Waals surface area contributed by atoms with Crippen LogP contribution < -0.4 is 10.1 Å². The molecule has 2 aromatic rings. The standard InChI is InChI=1S/C27H35ClN2O3/c1-5-24(27(32)29-22-12-8-9-13-22)30(16-21-11-7-6-10-18(21)2)25(31)17-33-23-14-19(3)26(28)20(4)15-23/h6-7,10-11,14-15,22,24H,5,8-9,12-13,16-17H2,1-4H3,(H,29,32)/t24-/m1/s1. The SMILES string of the molecule is CC[C@H](C(=O)NC1CCCC1)N(Cc1ccccc1C)C(=O)COc1cc(C)c(Cl)c(C)c1. The number of nitrogens with one attached hydrogen (secondary N) is 1. The molecule has 33 heavy (non-hydrogen) atoms. The topological polar surface area (TPSA) is 58.6 Å². The molecule has 0 aromatic heterocycles. The highest BCUT2D eigenvalue weighted by molar-refractivity contribution is 6.32. The zero-order valence-corrected chi connectivity index (χ0v) is 20.9. The van der Waals surface area contributed by atoms with Crippen LogP contribution in [0.15, 0.2) is 36.4 Å². The van der Waals surface area contributed by atoms with E-state index >= 15 is 0 Å². The molecule has 0 unspecified atom stereocenters. The van der Waals surface area contributed by atoms with Crippen LogP contribution in [0.1, 0.15) is 61.3 Å². The fourth-order valence-electron chi connectivity index (χ4n) is 4.48. The van der Waals surface area contributed by atoms with E-state index in [0.29, 0.717) is 23.7 Å². The lowest BCUT2D eigenvalue weighted by molar-refractivity contribution is -0.143. The van der Waals surface area contributed by atoms with Gasteiger partial charge >= 0.3 is 0 Å². The highest BCUT2D eigenvalue weighted by Gasteiger charge is 2.31. The Labute approximate surface area is 202 Å². The van der Waals surface area contributed by atoms with E-state index in [-0.39, 0.29) is 24.5 Å². The van der Waals surface area contributed by atoms with Gasteiger partial charge in [0.05, 0.1) is 0 Å². The van der Waals surface area contributed by atoms with Gasteiger partial charge in [0, 0.05) is 17.6 Å². The lowest BCUT2D eigenvalue weighted by Crippen LogP contribution is -2.52. The summed E-state index contributed by atoms with van der Waals surface area (Å²) in [5.74, 6) is 0.309. The van der Waals surface area contributed by atoms with Gasteiger partial charge in [0.25, 0.3) is 5.91 Å². The zero-order chi connectivity index (χ0) is 24.0. The van der Waals surface area contributed by atoms with Crippen molar-refractivity contribution in [2.24, 2.45) is 0 Å². The molecule has 1 fully saturated rings. The van der Waals surface area contributed by atoms with Crippen molar-refractivity contribution in [3.8, 4) is 5.75 Å². The fraction of sp³-hybridized carbons (Fsp3) is 0.481. The summed E-state index contributed by atoms with van der Waals surface area (Å²) in [4.78, 5) is 28.3. The Hall–Kier alpha value is -2.53. The number of nitrogens with zero attached hydrogens (tertiary/aromatic N) is 1. The van der Waals surface area contributed by atoms with E-state index in [1.165, 1.54) is 0 Å². The molecule has 0 radical (unpaired) electrons. The van der Waals surface area contributed by atoms with Crippen LogP contribution in [0.3, 0.4) is 0 Å². The first-order valence-corrected chi connectivity index (χ1v) is 12.2. The number of halogens is 1.